The van der Waals surface area contributed by atoms with Gasteiger partial charge in [-0.05, 0) is 32.9 Å². The summed E-state index contributed by atoms with van der Waals surface area (Å²) in [6, 6.07) is 4.95. The molecule has 1 saturated heterocycles. The van der Waals surface area contributed by atoms with Crippen LogP contribution in [-0.2, 0) is 4.74 Å². The zero-order valence-electron chi connectivity index (χ0n) is 16.8. The third-order valence-electron chi connectivity index (χ3n) is 4.46. The number of pyridine rings is 1. The molecule has 4 rings (SSSR count). The number of fused-ring (bicyclic) bond motifs is 1. The number of carbonyl (C=O) groups excluding carboxylic acids is 1. The average Bonchev–Trinajstić information content (AvgIpc) is 3.12. The first-order valence-electron chi connectivity index (χ1n) is 9.45. The van der Waals surface area contributed by atoms with Gasteiger partial charge in [0.05, 0.1) is 0 Å². The minimum atomic E-state index is -0.529. The molecule has 1 aliphatic rings. The Hall–Kier alpha value is -2.72. The van der Waals surface area contributed by atoms with E-state index in [1.165, 1.54) is 21.9 Å². The lowest BCUT2D eigenvalue weighted by Gasteiger charge is -2.36. The first kappa shape index (κ1) is 20.5. The monoisotopic (exact) mass is 448 g/mol. The van der Waals surface area contributed by atoms with Crippen molar-refractivity contribution < 1.29 is 9.53 Å². The van der Waals surface area contributed by atoms with Gasteiger partial charge in [-0.1, -0.05) is 22.9 Å². The molecule has 3 aromatic rings. The summed E-state index contributed by atoms with van der Waals surface area (Å²) in [5.74, 6) is 0.576. The molecule has 0 radical (unpaired) electrons. The summed E-state index contributed by atoms with van der Waals surface area (Å²) in [7, 11) is 0. The number of carbonyl (C=O) groups is 1. The summed E-state index contributed by atoms with van der Waals surface area (Å²) in [6.07, 6.45) is 1.27. The first-order chi connectivity index (χ1) is 14.2. The zero-order valence-corrected chi connectivity index (χ0v) is 18.4. The number of ether oxygens (including phenoxy) is 1. The van der Waals surface area contributed by atoms with Crippen molar-refractivity contribution in [3.8, 4) is 10.6 Å². The number of piperazine rings is 1. The van der Waals surface area contributed by atoms with Crippen LogP contribution < -0.4 is 10.5 Å². The largest absolute Gasteiger partial charge is 0.444 e. The Morgan fingerprint density at radius 2 is 1.93 bits per heavy atom. The number of rotatable bonds is 2. The molecule has 3 aromatic heterocycles. The van der Waals surface area contributed by atoms with E-state index in [1.54, 1.807) is 23.2 Å². The highest BCUT2D eigenvalue weighted by molar-refractivity contribution is 7.19. The van der Waals surface area contributed by atoms with E-state index in [4.69, 9.17) is 16.3 Å². The van der Waals surface area contributed by atoms with Crippen molar-refractivity contribution in [1.29, 1.82) is 0 Å². The predicted molar refractivity (Wildman–Crippen MR) is 115 cm³/mol. The summed E-state index contributed by atoms with van der Waals surface area (Å²) >= 11 is 7.27. The fourth-order valence-corrected chi connectivity index (χ4v) is 4.13. The van der Waals surface area contributed by atoms with E-state index in [1.807, 2.05) is 25.7 Å². The molecule has 0 spiro atoms. The molecule has 1 fully saturated rings. The number of anilines is 1. The highest BCUT2D eigenvalue weighted by Crippen LogP contribution is 2.26. The molecule has 4 heterocycles. The van der Waals surface area contributed by atoms with Crippen molar-refractivity contribution in [3.05, 3.63) is 39.9 Å². The van der Waals surface area contributed by atoms with Gasteiger partial charge in [0.25, 0.3) is 5.56 Å². The second-order valence-electron chi connectivity index (χ2n) is 7.88. The molecule has 1 amide bonds. The molecule has 0 aromatic carbocycles. The molecule has 0 N–H and O–H groups in total. The van der Waals surface area contributed by atoms with Gasteiger partial charge in [-0.15, -0.1) is 0 Å². The van der Waals surface area contributed by atoms with Crippen LogP contribution in [-0.4, -0.2) is 62.4 Å². The van der Waals surface area contributed by atoms with Crippen molar-refractivity contribution >= 4 is 39.8 Å². The second kappa shape index (κ2) is 7.84. The highest BCUT2D eigenvalue weighted by Gasteiger charge is 2.27. The topological polar surface area (TPSA) is 92.9 Å². The molecule has 0 atom stereocenters. The third kappa shape index (κ3) is 4.39. The Bertz CT molecular complexity index is 1150. The predicted octanol–water partition coefficient (Wildman–Crippen LogP) is 2.92. The number of nitrogens with zero attached hydrogens (tertiary/aromatic N) is 6. The van der Waals surface area contributed by atoms with Gasteiger partial charge in [-0.2, -0.15) is 9.61 Å². The lowest BCUT2D eigenvalue weighted by atomic mass is 10.2. The van der Waals surface area contributed by atoms with Gasteiger partial charge in [0.2, 0.25) is 4.96 Å². The van der Waals surface area contributed by atoms with E-state index in [0.717, 1.165) is 5.56 Å². The van der Waals surface area contributed by atoms with Crippen LogP contribution in [0.25, 0.3) is 15.5 Å². The summed E-state index contributed by atoms with van der Waals surface area (Å²) in [5.41, 5.74) is -0.0112. The van der Waals surface area contributed by atoms with Crippen LogP contribution in [0.4, 0.5) is 10.6 Å². The average molecular weight is 449 g/mol. The van der Waals surface area contributed by atoms with E-state index in [0.29, 0.717) is 47.1 Å². The van der Waals surface area contributed by atoms with E-state index >= 15 is 0 Å². The van der Waals surface area contributed by atoms with Crippen molar-refractivity contribution in [2.45, 2.75) is 26.4 Å². The molecule has 0 unspecified atom stereocenters. The number of amides is 1. The maximum absolute atomic E-state index is 12.6. The van der Waals surface area contributed by atoms with Gasteiger partial charge in [0.1, 0.15) is 21.6 Å². The maximum Gasteiger partial charge on any atom is 0.410 e. The first-order valence-corrected chi connectivity index (χ1v) is 10.6. The van der Waals surface area contributed by atoms with Gasteiger partial charge in [-0.3, -0.25) is 4.79 Å². The Morgan fingerprint density at radius 1 is 1.20 bits per heavy atom. The van der Waals surface area contributed by atoms with E-state index in [2.05, 4.69) is 15.1 Å². The van der Waals surface area contributed by atoms with Crippen LogP contribution in [0.2, 0.25) is 5.15 Å². The molecule has 0 bridgehead atoms. The molecule has 0 saturated carbocycles. The minimum Gasteiger partial charge on any atom is -0.444 e. The van der Waals surface area contributed by atoms with Crippen LogP contribution >= 0.6 is 22.9 Å². The standard InChI is InChI=1S/C19H21ClN6O3S/c1-19(2,3)29-18(28)25-8-6-24(7-9-25)14-11-15(27)26-17(22-14)30-16(23-26)12-4-5-21-13(20)10-12/h4-5,10-11H,6-9H2,1-3H3. The number of hydrogen-bond donors (Lipinski definition) is 0. The fraction of sp³-hybridized carbons (Fsp3) is 0.421. The Balaban J connectivity index is 1.53. The Morgan fingerprint density at radius 3 is 2.60 bits per heavy atom. The summed E-state index contributed by atoms with van der Waals surface area (Å²) in [6.45, 7) is 7.66. The smallest absolute Gasteiger partial charge is 0.410 e. The number of halogens is 1. The van der Waals surface area contributed by atoms with Gasteiger partial charge >= 0.3 is 6.09 Å². The van der Waals surface area contributed by atoms with Crippen LogP contribution in [0.1, 0.15) is 20.8 Å². The summed E-state index contributed by atoms with van der Waals surface area (Å²) in [4.78, 5) is 37.6. The molecule has 11 heteroatoms. The molecular formula is C19H21ClN6O3S. The Labute approximate surface area is 181 Å². The van der Waals surface area contributed by atoms with Gasteiger partial charge in [0, 0.05) is 44.0 Å². The number of aromatic nitrogens is 4. The lowest BCUT2D eigenvalue weighted by Crippen LogP contribution is -2.50. The third-order valence-corrected chi connectivity index (χ3v) is 5.62. The van der Waals surface area contributed by atoms with Gasteiger partial charge in [-0.25, -0.2) is 14.8 Å². The maximum atomic E-state index is 12.6. The van der Waals surface area contributed by atoms with E-state index in [9.17, 15) is 9.59 Å². The van der Waals surface area contributed by atoms with E-state index < -0.39 is 5.60 Å². The molecule has 1 aliphatic heterocycles. The normalized spacial score (nSPS) is 14.9. The molecular weight excluding hydrogens is 428 g/mol. The molecule has 158 valence electrons. The fourth-order valence-electron chi connectivity index (χ4n) is 3.06. The molecule has 9 nitrogen and oxygen atoms in total. The van der Waals surface area contributed by atoms with Crippen molar-refractivity contribution in [3.63, 3.8) is 0 Å². The van der Waals surface area contributed by atoms with Crippen molar-refractivity contribution in [2.75, 3.05) is 31.1 Å². The van der Waals surface area contributed by atoms with Crippen LogP contribution in [0.5, 0.6) is 0 Å². The van der Waals surface area contributed by atoms with Crippen LogP contribution in [0.15, 0.2) is 29.2 Å². The van der Waals surface area contributed by atoms with Gasteiger partial charge < -0.3 is 14.5 Å². The highest BCUT2D eigenvalue weighted by atomic mass is 35.5. The minimum absolute atomic E-state index is 0.257. The lowest BCUT2D eigenvalue weighted by molar-refractivity contribution is 0.0240. The van der Waals surface area contributed by atoms with Crippen LogP contribution in [0, 0.1) is 0 Å². The zero-order chi connectivity index (χ0) is 21.5. The number of hydrogen-bond acceptors (Lipinski definition) is 8. The van der Waals surface area contributed by atoms with Gasteiger partial charge in [0.15, 0.2) is 0 Å². The summed E-state index contributed by atoms with van der Waals surface area (Å²) in [5, 5.41) is 5.36. The quantitative estimate of drug-likeness (QED) is 0.556. The molecule has 0 aliphatic carbocycles. The second-order valence-corrected chi connectivity index (χ2v) is 9.22. The van der Waals surface area contributed by atoms with Crippen molar-refractivity contribution in [2.24, 2.45) is 0 Å². The van der Waals surface area contributed by atoms with E-state index in [-0.39, 0.29) is 11.7 Å². The Kier molecular flexibility index (Phi) is 5.37. The summed E-state index contributed by atoms with van der Waals surface area (Å²) < 4.78 is 6.71. The SMILES string of the molecule is CC(C)(C)OC(=O)N1CCN(c2cc(=O)n3nc(-c4ccnc(Cl)c4)sc3n2)CC1. The van der Waals surface area contributed by atoms with Crippen molar-refractivity contribution in [1.82, 2.24) is 24.5 Å². The van der Waals surface area contributed by atoms with Crippen LogP contribution in [0.3, 0.4) is 0 Å². The molecule has 30 heavy (non-hydrogen) atoms.